The summed E-state index contributed by atoms with van der Waals surface area (Å²) in [6.45, 7) is 0. The van der Waals surface area contributed by atoms with Crippen LogP contribution in [0.25, 0.3) is 0 Å². The van der Waals surface area contributed by atoms with Crippen molar-refractivity contribution in [3.63, 3.8) is 0 Å². The summed E-state index contributed by atoms with van der Waals surface area (Å²) in [5, 5.41) is 3.29. The highest BCUT2D eigenvalue weighted by Gasteiger charge is 1.81. The maximum atomic E-state index is 4.87. The van der Waals surface area contributed by atoms with Gasteiger partial charge >= 0.3 is 0 Å². The Morgan fingerprint density at radius 3 is 3.11 bits per heavy atom. The molecular weight excluding hydrogens is 116 g/mol. The fourth-order valence-corrected chi connectivity index (χ4v) is 0.454. The Labute approximate surface area is 52.4 Å². The minimum absolute atomic E-state index is 0.715. The zero-order chi connectivity index (χ0) is 6.53. The zero-order valence-corrected chi connectivity index (χ0v) is 4.73. The van der Waals surface area contributed by atoms with Crippen LogP contribution in [0.2, 0.25) is 0 Å². The molecule has 0 aliphatic rings. The van der Waals surface area contributed by atoms with E-state index in [2.05, 4.69) is 15.1 Å². The average molecular weight is 122 g/mol. The molecule has 1 aromatic heterocycles. The molecule has 46 valence electrons. The van der Waals surface area contributed by atoms with E-state index >= 15 is 0 Å². The third-order valence-electron chi connectivity index (χ3n) is 0.812. The number of aromatic nitrogens is 2. The predicted octanol–water partition coefficient (Wildman–Crippen LogP) is -0.231. The maximum absolute atomic E-state index is 4.87. The Hall–Kier alpha value is -1.45. The van der Waals surface area contributed by atoms with E-state index in [-0.39, 0.29) is 0 Å². The van der Waals surface area contributed by atoms with Gasteiger partial charge in [0.1, 0.15) is 6.33 Å². The molecule has 0 saturated heterocycles. The molecule has 0 aromatic carbocycles. The van der Waals surface area contributed by atoms with Crippen LogP contribution in [0, 0.1) is 0 Å². The third-order valence-corrected chi connectivity index (χ3v) is 0.812. The van der Waals surface area contributed by atoms with Crippen LogP contribution in [0.1, 0.15) is 5.69 Å². The molecule has 1 heterocycles. The van der Waals surface area contributed by atoms with Gasteiger partial charge in [-0.1, -0.05) is 0 Å². The topological polar surface area (TPSA) is 64.2 Å². The van der Waals surface area contributed by atoms with Crippen molar-refractivity contribution in [2.24, 2.45) is 10.9 Å². The SMILES string of the molecule is N/N=C\c1ccncn1. The van der Waals surface area contributed by atoms with Crippen LogP contribution in [0.15, 0.2) is 23.7 Å². The van der Waals surface area contributed by atoms with E-state index < -0.39 is 0 Å². The van der Waals surface area contributed by atoms with Crippen molar-refractivity contribution >= 4 is 6.21 Å². The van der Waals surface area contributed by atoms with Crippen molar-refractivity contribution in [2.75, 3.05) is 0 Å². The standard InChI is InChI=1S/C5H6N4/c6-9-3-5-1-2-7-4-8-5/h1-4H,6H2/b9-3-. The molecule has 4 nitrogen and oxygen atoms in total. The Kier molecular flexibility index (Phi) is 1.74. The molecule has 0 bridgehead atoms. The van der Waals surface area contributed by atoms with Gasteiger partial charge < -0.3 is 5.84 Å². The van der Waals surface area contributed by atoms with Crippen LogP contribution in [-0.2, 0) is 0 Å². The van der Waals surface area contributed by atoms with Crippen LogP contribution in [0.4, 0.5) is 0 Å². The van der Waals surface area contributed by atoms with Crippen LogP contribution in [-0.4, -0.2) is 16.2 Å². The van der Waals surface area contributed by atoms with Gasteiger partial charge in [0.25, 0.3) is 0 Å². The van der Waals surface area contributed by atoms with Gasteiger partial charge in [-0.05, 0) is 6.07 Å². The largest absolute Gasteiger partial charge is 0.323 e. The molecule has 0 aliphatic carbocycles. The fourth-order valence-electron chi connectivity index (χ4n) is 0.454. The minimum Gasteiger partial charge on any atom is -0.323 e. The van der Waals surface area contributed by atoms with Gasteiger partial charge in [0.05, 0.1) is 11.9 Å². The summed E-state index contributed by atoms with van der Waals surface area (Å²) >= 11 is 0. The number of nitrogens with zero attached hydrogens (tertiary/aromatic N) is 3. The molecule has 0 saturated carbocycles. The monoisotopic (exact) mass is 122 g/mol. The molecule has 0 unspecified atom stereocenters. The lowest BCUT2D eigenvalue weighted by atomic mass is 10.4. The average Bonchev–Trinajstić information content (AvgIpc) is 1.91. The highest BCUT2D eigenvalue weighted by Crippen LogP contribution is 1.82. The zero-order valence-electron chi connectivity index (χ0n) is 4.73. The Morgan fingerprint density at radius 1 is 1.67 bits per heavy atom. The first-order chi connectivity index (χ1) is 4.43. The summed E-state index contributed by atoms with van der Waals surface area (Å²) < 4.78 is 0. The van der Waals surface area contributed by atoms with Crippen LogP contribution in [0.5, 0.6) is 0 Å². The van der Waals surface area contributed by atoms with Crippen molar-refractivity contribution in [3.8, 4) is 0 Å². The smallest absolute Gasteiger partial charge is 0.116 e. The van der Waals surface area contributed by atoms with E-state index in [1.54, 1.807) is 12.3 Å². The molecule has 1 rings (SSSR count). The fraction of sp³-hybridized carbons (Fsp3) is 0. The molecule has 0 aliphatic heterocycles. The van der Waals surface area contributed by atoms with Crippen molar-refractivity contribution in [3.05, 3.63) is 24.3 Å². The van der Waals surface area contributed by atoms with Gasteiger partial charge in [-0.2, -0.15) is 5.10 Å². The minimum atomic E-state index is 0.715. The molecule has 0 radical (unpaired) electrons. The molecule has 0 amide bonds. The van der Waals surface area contributed by atoms with E-state index in [0.717, 1.165) is 0 Å². The lowest BCUT2D eigenvalue weighted by Crippen LogP contribution is -1.89. The normalized spacial score (nSPS) is 10.2. The lowest BCUT2D eigenvalue weighted by molar-refractivity contribution is 1.15. The van der Waals surface area contributed by atoms with E-state index in [0.29, 0.717) is 5.69 Å². The number of nitrogens with two attached hydrogens (primary N) is 1. The van der Waals surface area contributed by atoms with Gasteiger partial charge in [-0.3, -0.25) is 0 Å². The first-order valence-electron chi connectivity index (χ1n) is 2.43. The van der Waals surface area contributed by atoms with Crippen LogP contribution >= 0.6 is 0 Å². The van der Waals surface area contributed by atoms with E-state index in [1.807, 2.05) is 0 Å². The second-order valence-electron chi connectivity index (χ2n) is 1.41. The molecule has 0 atom stereocenters. The number of rotatable bonds is 1. The van der Waals surface area contributed by atoms with E-state index in [9.17, 15) is 0 Å². The number of hydrogen-bond donors (Lipinski definition) is 1. The second kappa shape index (κ2) is 2.76. The molecule has 1 aromatic rings. The summed E-state index contributed by atoms with van der Waals surface area (Å²) in [7, 11) is 0. The first kappa shape index (κ1) is 5.68. The van der Waals surface area contributed by atoms with Crippen LogP contribution in [0.3, 0.4) is 0 Å². The maximum Gasteiger partial charge on any atom is 0.116 e. The molecule has 4 heteroatoms. The number of hydrazone groups is 1. The highest BCUT2D eigenvalue weighted by molar-refractivity contribution is 5.76. The highest BCUT2D eigenvalue weighted by atomic mass is 15.1. The van der Waals surface area contributed by atoms with Gasteiger partial charge in [-0.15, -0.1) is 0 Å². The van der Waals surface area contributed by atoms with Gasteiger partial charge in [0.15, 0.2) is 0 Å². The first-order valence-corrected chi connectivity index (χ1v) is 2.43. The van der Waals surface area contributed by atoms with Crippen molar-refractivity contribution in [1.82, 2.24) is 9.97 Å². The second-order valence-corrected chi connectivity index (χ2v) is 1.41. The van der Waals surface area contributed by atoms with Crippen molar-refractivity contribution in [1.29, 1.82) is 0 Å². The van der Waals surface area contributed by atoms with Crippen molar-refractivity contribution < 1.29 is 0 Å². The van der Waals surface area contributed by atoms with Crippen LogP contribution < -0.4 is 5.84 Å². The molecule has 9 heavy (non-hydrogen) atoms. The summed E-state index contributed by atoms with van der Waals surface area (Å²) in [6, 6.07) is 1.72. The molecule has 2 N–H and O–H groups in total. The number of hydrogen-bond acceptors (Lipinski definition) is 4. The van der Waals surface area contributed by atoms with Gasteiger partial charge in [-0.25, -0.2) is 9.97 Å². The third kappa shape index (κ3) is 1.49. The summed E-state index contributed by atoms with van der Waals surface area (Å²) in [4.78, 5) is 7.54. The molecule has 0 spiro atoms. The Bertz CT molecular complexity index is 193. The van der Waals surface area contributed by atoms with Gasteiger partial charge in [0.2, 0.25) is 0 Å². The Morgan fingerprint density at radius 2 is 2.56 bits per heavy atom. The lowest BCUT2D eigenvalue weighted by Gasteiger charge is -1.84. The quantitative estimate of drug-likeness (QED) is 0.318. The summed E-state index contributed by atoms with van der Waals surface area (Å²) in [5.74, 6) is 4.87. The van der Waals surface area contributed by atoms with E-state index in [1.165, 1.54) is 12.5 Å². The van der Waals surface area contributed by atoms with E-state index in [4.69, 9.17) is 5.84 Å². The molecule has 0 fully saturated rings. The molecular formula is C5H6N4. The van der Waals surface area contributed by atoms with Gasteiger partial charge in [0, 0.05) is 6.20 Å². The Balaban J connectivity index is 2.85. The summed E-state index contributed by atoms with van der Waals surface area (Å²) in [6.07, 6.45) is 4.53. The summed E-state index contributed by atoms with van der Waals surface area (Å²) in [5.41, 5.74) is 0.715. The predicted molar refractivity (Wildman–Crippen MR) is 33.8 cm³/mol. The van der Waals surface area contributed by atoms with Crippen molar-refractivity contribution in [2.45, 2.75) is 0 Å².